The van der Waals surface area contributed by atoms with Crippen molar-refractivity contribution in [3.05, 3.63) is 17.8 Å². The minimum atomic E-state index is 0.344. The van der Waals surface area contributed by atoms with E-state index in [1.807, 2.05) is 6.26 Å². The van der Waals surface area contributed by atoms with Crippen molar-refractivity contribution in [2.45, 2.75) is 37.6 Å². The molecular formula is C12H19N3O. The van der Waals surface area contributed by atoms with E-state index in [4.69, 9.17) is 4.42 Å². The highest BCUT2D eigenvalue weighted by atomic mass is 16.3. The van der Waals surface area contributed by atoms with Crippen molar-refractivity contribution in [1.82, 2.24) is 15.6 Å². The van der Waals surface area contributed by atoms with Gasteiger partial charge in [0.15, 0.2) is 0 Å². The smallest absolute Gasteiger partial charge is 0.211 e. The molecule has 4 heteroatoms. The Balaban J connectivity index is 1.71. The van der Waals surface area contributed by atoms with Gasteiger partial charge < -0.3 is 15.1 Å². The average molecular weight is 221 g/mol. The van der Waals surface area contributed by atoms with Gasteiger partial charge in [-0.2, -0.15) is 0 Å². The van der Waals surface area contributed by atoms with Crippen LogP contribution in [0.3, 0.4) is 0 Å². The molecule has 3 rings (SSSR count). The quantitative estimate of drug-likeness (QED) is 0.796. The van der Waals surface area contributed by atoms with Crippen molar-refractivity contribution in [2.75, 3.05) is 19.6 Å². The molecule has 4 nitrogen and oxygen atoms in total. The van der Waals surface area contributed by atoms with Crippen LogP contribution in [-0.2, 0) is 0 Å². The van der Waals surface area contributed by atoms with Crippen LogP contribution in [-0.4, -0.2) is 24.6 Å². The summed E-state index contributed by atoms with van der Waals surface area (Å²) in [4.78, 5) is 4.65. The molecule has 0 aliphatic carbocycles. The standard InChI is InChI=1S/C12H19N3O/c1-2-5-14-10(3-1)12-15-11(8-16-12)9-4-6-13-7-9/h8-10,13-14H,1-7H2. The number of aromatic nitrogens is 1. The first-order valence-corrected chi connectivity index (χ1v) is 6.33. The van der Waals surface area contributed by atoms with Gasteiger partial charge >= 0.3 is 0 Å². The highest BCUT2D eigenvalue weighted by Gasteiger charge is 2.24. The third-order valence-corrected chi connectivity index (χ3v) is 3.63. The molecule has 2 N–H and O–H groups in total. The second kappa shape index (κ2) is 4.55. The molecule has 2 unspecified atom stereocenters. The van der Waals surface area contributed by atoms with Crippen molar-refractivity contribution in [3.63, 3.8) is 0 Å². The molecule has 1 aromatic rings. The fraction of sp³-hybridized carbons (Fsp3) is 0.750. The number of hydrogen-bond acceptors (Lipinski definition) is 4. The van der Waals surface area contributed by atoms with Crippen molar-refractivity contribution < 1.29 is 4.42 Å². The maximum absolute atomic E-state index is 5.62. The lowest BCUT2D eigenvalue weighted by Crippen LogP contribution is -2.27. The molecule has 2 aliphatic heterocycles. The van der Waals surface area contributed by atoms with E-state index in [1.165, 1.54) is 19.3 Å². The van der Waals surface area contributed by atoms with Gasteiger partial charge in [0.2, 0.25) is 5.89 Å². The Morgan fingerprint density at radius 2 is 2.25 bits per heavy atom. The molecule has 88 valence electrons. The maximum Gasteiger partial charge on any atom is 0.211 e. The minimum Gasteiger partial charge on any atom is -0.447 e. The summed E-state index contributed by atoms with van der Waals surface area (Å²) in [5.41, 5.74) is 1.13. The Kier molecular flexibility index (Phi) is 2.93. The highest BCUT2D eigenvalue weighted by Crippen LogP contribution is 2.26. The van der Waals surface area contributed by atoms with Crippen molar-refractivity contribution in [1.29, 1.82) is 0 Å². The number of nitrogens with zero attached hydrogens (tertiary/aromatic N) is 1. The zero-order valence-corrected chi connectivity index (χ0v) is 9.54. The van der Waals surface area contributed by atoms with E-state index in [1.54, 1.807) is 0 Å². The largest absolute Gasteiger partial charge is 0.447 e. The van der Waals surface area contributed by atoms with Crippen LogP contribution >= 0.6 is 0 Å². The van der Waals surface area contributed by atoms with Crippen LogP contribution in [0, 0.1) is 0 Å². The Hall–Kier alpha value is -0.870. The van der Waals surface area contributed by atoms with Gasteiger partial charge in [-0.1, -0.05) is 6.42 Å². The molecule has 16 heavy (non-hydrogen) atoms. The van der Waals surface area contributed by atoms with Crippen LogP contribution in [0.2, 0.25) is 0 Å². The van der Waals surface area contributed by atoms with Gasteiger partial charge in [0.05, 0.1) is 11.7 Å². The average Bonchev–Trinajstić information content (AvgIpc) is 3.01. The summed E-state index contributed by atoms with van der Waals surface area (Å²) < 4.78 is 5.62. The van der Waals surface area contributed by atoms with Gasteiger partial charge in [-0.05, 0) is 32.4 Å². The molecule has 3 heterocycles. The molecule has 2 aliphatic rings. The van der Waals surface area contributed by atoms with E-state index in [-0.39, 0.29) is 0 Å². The minimum absolute atomic E-state index is 0.344. The molecule has 2 saturated heterocycles. The van der Waals surface area contributed by atoms with Crippen LogP contribution in [0.15, 0.2) is 10.7 Å². The van der Waals surface area contributed by atoms with Crippen molar-refractivity contribution in [3.8, 4) is 0 Å². The maximum atomic E-state index is 5.62. The molecule has 2 atom stereocenters. The molecule has 0 aromatic carbocycles. The first kappa shape index (κ1) is 10.3. The fourth-order valence-corrected chi connectivity index (χ4v) is 2.62. The second-order valence-electron chi connectivity index (χ2n) is 4.80. The van der Waals surface area contributed by atoms with Crippen LogP contribution < -0.4 is 10.6 Å². The van der Waals surface area contributed by atoms with Crippen LogP contribution in [0.1, 0.15) is 49.2 Å². The SMILES string of the molecule is c1oc(C2CCCCN2)nc1C1CCNC1. The van der Waals surface area contributed by atoms with Gasteiger partial charge in [-0.3, -0.25) is 0 Å². The van der Waals surface area contributed by atoms with Crippen LogP contribution in [0.5, 0.6) is 0 Å². The lowest BCUT2D eigenvalue weighted by atomic mass is 10.0. The Morgan fingerprint density at radius 1 is 1.25 bits per heavy atom. The van der Waals surface area contributed by atoms with Gasteiger partial charge in [0, 0.05) is 12.5 Å². The van der Waals surface area contributed by atoms with Gasteiger partial charge in [-0.15, -0.1) is 0 Å². The Labute approximate surface area is 95.8 Å². The summed E-state index contributed by atoms with van der Waals surface area (Å²) in [6, 6.07) is 0.344. The van der Waals surface area contributed by atoms with E-state index in [0.717, 1.165) is 37.6 Å². The lowest BCUT2D eigenvalue weighted by molar-refractivity contribution is 0.338. The van der Waals surface area contributed by atoms with E-state index in [2.05, 4.69) is 15.6 Å². The molecule has 0 spiro atoms. The first-order valence-electron chi connectivity index (χ1n) is 6.33. The summed E-state index contributed by atoms with van der Waals surface area (Å²) in [6.07, 6.45) is 6.74. The van der Waals surface area contributed by atoms with Crippen LogP contribution in [0.25, 0.3) is 0 Å². The molecule has 0 amide bonds. The van der Waals surface area contributed by atoms with Crippen molar-refractivity contribution in [2.24, 2.45) is 0 Å². The number of oxazole rings is 1. The molecule has 0 radical (unpaired) electrons. The lowest BCUT2D eigenvalue weighted by Gasteiger charge is -2.20. The van der Waals surface area contributed by atoms with E-state index >= 15 is 0 Å². The van der Waals surface area contributed by atoms with E-state index < -0.39 is 0 Å². The predicted molar refractivity (Wildman–Crippen MR) is 61.3 cm³/mol. The third kappa shape index (κ3) is 1.99. The van der Waals surface area contributed by atoms with Crippen LogP contribution in [0.4, 0.5) is 0 Å². The molecule has 0 bridgehead atoms. The number of nitrogens with one attached hydrogen (secondary N) is 2. The zero-order valence-electron chi connectivity index (χ0n) is 9.54. The fourth-order valence-electron chi connectivity index (χ4n) is 2.62. The number of hydrogen-bond donors (Lipinski definition) is 2. The highest BCUT2D eigenvalue weighted by molar-refractivity contribution is 5.09. The molecular weight excluding hydrogens is 202 g/mol. The Bertz CT molecular complexity index is 338. The summed E-state index contributed by atoms with van der Waals surface area (Å²) in [5.74, 6) is 1.45. The summed E-state index contributed by atoms with van der Waals surface area (Å²) >= 11 is 0. The normalized spacial score (nSPS) is 30.8. The molecule has 1 aromatic heterocycles. The summed E-state index contributed by atoms with van der Waals surface area (Å²) in [6.45, 7) is 3.24. The second-order valence-corrected chi connectivity index (χ2v) is 4.80. The zero-order chi connectivity index (χ0) is 10.8. The van der Waals surface area contributed by atoms with Crippen molar-refractivity contribution >= 4 is 0 Å². The van der Waals surface area contributed by atoms with Gasteiger partial charge in [0.25, 0.3) is 0 Å². The predicted octanol–water partition coefficient (Wildman–Crippen LogP) is 1.57. The Morgan fingerprint density at radius 3 is 3.00 bits per heavy atom. The monoisotopic (exact) mass is 221 g/mol. The molecule has 0 saturated carbocycles. The summed E-state index contributed by atoms with van der Waals surface area (Å²) in [7, 11) is 0. The number of piperidine rings is 1. The van der Waals surface area contributed by atoms with E-state index in [9.17, 15) is 0 Å². The molecule has 2 fully saturated rings. The first-order chi connectivity index (χ1) is 7.93. The third-order valence-electron chi connectivity index (χ3n) is 3.63. The van der Waals surface area contributed by atoms with E-state index in [0.29, 0.717) is 12.0 Å². The van der Waals surface area contributed by atoms with Gasteiger partial charge in [-0.25, -0.2) is 4.98 Å². The topological polar surface area (TPSA) is 50.1 Å². The summed E-state index contributed by atoms with van der Waals surface area (Å²) in [5, 5.41) is 6.83. The van der Waals surface area contributed by atoms with Gasteiger partial charge in [0.1, 0.15) is 6.26 Å². The number of rotatable bonds is 2.